The highest BCUT2D eigenvalue weighted by atomic mass is 16.5. The summed E-state index contributed by atoms with van der Waals surface area (Å²) in [5.74, 6) is 0.922. The first-order valence-corrected chi connectivity index (χ1v) is 6.13. The summed E-state index contributed by atoms with van der Waals surface area (Å²) in [5.41, 5.74) is 0.456. The molecule has 0 atom stereocenters. The molecule has 7 heteroatoms. The van der Waals surface area contributed by atoms with Crippen LogP contribution in [0.3, 0.4) is 0 Å². The lowest BCUT2D eigenvalue weighted by Gasteiger charge is -2.10. The van der Waals surface area contributed by atoms with Crippen LogP contribution in [-0.2, 0) is 11.8 Å². The molecular weight excluding hydrogens is 272 g/mol. The van der Waals surface area contributed by atoms with Gasteiger partial charge in [0.2, 0.25) is 0 Å². The van der Waals surface area contributed by atoms with E-state index < -0.39 is 0 Å². The van der Waals surface area contributed by atoms with Crippen molar-refractivity contribution in [2.45, 2.75) is 0 Å². The van der Waals surface area contributed by atoms with Gasteiger partial charge < -0.3 is 14.8 Å². The molecule has 0 aliphatic carbocycles. The van der Waals surface area contributed by atoms with Crippen molar-refractivity contribution in [2.24, 2.45) is 7.05 Å². The quantitative estimate of drug-likeness (QED) is 0.895. The van der Waals surface area contributed by atoms with Gasteiger partial charge in [-0.15, -0.1) is 0 Å². The number of amides is 1. The maximum atomic E-state index is 11.7. The third-order valence-corrected chi connectivity index (χ3v) is 2.63. The largest absolute Gasteiger partial charge is 0.493 e. The number of rotatable bonds is 5. The number of carbonyl (C=O) groups is 1. The van der Waals surface area contributed by atoms with Crippen LogP contribution in [0.15, 0.2) is 30.5 Å². The highest BCUT2D eigenvalue weighted by molar-refractivity contribution is 5.90. The fourth-order valence-corrected chi connectivity index (χ4v) is 1.66. The van der Waals surface area contributed by atoms with Crippen LogP contribution in [0.25, 0.3) is 0 Å². The van der Waals surface area contributed by atoms with Gasteiger partial charge in [-0.1, -0.05) is 0 Å². The summed E-state index contributed by atoms with van der Waals surface area (Å²) in [6.07, 6.45) is 1.72. The van der Waals surface area contributed by atoms with Gasteiger partial charge in [0.25, 0.3) is 5.91 Å². The van der Waals surface area contributed by atoms with E-state index in [9.17, 15) is 4.79 Å². The smallest absolute Gasteiger partial charge is 0.263 e. The monoisotopic (exact) mass is 286 g/mol. The van der Waals surface area contributed by atoms with Crippen molar-refractivity contribution in [1.29, 1.82) is 5.26 Å². The first-order chi connectivity index (χ1) is 10.1. The summed E-state index contributed by atoms with van der Waals surface area (Å²) in [4.78, 5) is 11.7. The summed E-state index contributed by atoms with van der Waals surface area (Å²) in [5, 5.41) is 15.4. The van der Waals surface area contributed by atoms with Gasteiger partial charge in [0.15, 0.2) is 23.9 Å². The fourth-order valence-electron chi connectivity index (χ4n) is 1.66. The number of benzene rings is 1. The molecule has 21 heavy (non-hydrogen) atoms. The second-order valence-corrected chi connectivity index (χ2v) is 4.19. The van der Waals surface area contributed by atoms with Crippen LogP contribution in [0.5, 0.6) is 11.5 Å². The summed E-state index contributed by atoms with van der Waals surface area (Å²) in [6, 6.07) is 8.41. The zero-order valence-electron chi connectivity index (χ0n) is 11.7. The third kappa shape index (κ3) is 3.73. The number of aryl methyl sites for hydroxylation is 1. The van der Waals surface area contributed by atoms with Crippen molar-refractivity contribution in [3.63, 3.8) is 0 Å². The predicted molar refractivity (Wildman–Crippen MR) is 75.0 cm³/mol. The molecule has 0 radical (unpaired) electrons. The van der Waals surface area contributed by atoms with Gasteiger partial charge in [-0.05, 0) is 12.1 Å². The van der Waals surface area contributed by atoms with E-state index in [1.165, 1.54) is 7.11 Å². The van der Waals surface area contributed by atoms with Crippen LogP contribution in [0.4, 0.5) is 5.82 Å². The van der Waals surface area contributed by atoms with Crippen LogP contribution in [0.2, 0.25) is 0 Å². The lowest BCUT2D eigenvalue weighted by Crippen LogP contribution is -2.20. The Labute approximate surface area is 121 Å². The van der Waals surface area contributed by atoms with Crippen LogP contribution in [0.1, 0.15) is 5.56 Å². The van der Waals surface area contributed by atoms with E-state index in [4.69, 9.17) is 14.7 Å². The second kappa shape index (κ2) is 6.43. The number of hydrogen-bond donors (Lipinski definition) is 1. The Balaban J connectivity index is 1.96. The minimum absolute atomic E-state index is 0.182. The Kier molecular flexibility index (Phi) is 4.41. The average molecular weight is 286 g/mol. The van der Waals surface area contributed by atoms with E-state index in [1.54, 1.807) is 42.2 Å². The molecule has 0 fully saturated rings. The molecule has 1 heterocycles. The maximum absolute atomic E-state index is 11.7. The molecule has 7 nitrogen and oxygen atoms in total. The third-order valence-electron chi connectivity index (χ3n) is 2.63. The van der Waals surface area contributed by atoms with Crippen molar-refractivity contribution < 1.29 is 14.3 Å². The molecule has 0 aliphatic heterocycles. The number of anilines is 1. The standard InChI is InChI=1S/C14H14N4O3/c1-18-6-5-13(17-18)16-14(19)9-21-11-4-3-10(8-15)7-12(11)20-2/h3-7H,9H2,1-2H3,(H,16,17,19). The molecule has 1 aromatic carbocycles. The van der Waals surface area contributed by atoms with Crippen molar-refractivity contribution in [3.05, 3.63) is 36.0 Å². The SMILES string of the molecule is COc1cc(C#N)ccc1OCC(=O)Nc1ccn(C)n1. The Morgan fingerprint density at radius 2 is 2.24 bits per heavy atom. The Bertz CT molecular complexity index is 688. The summed E-state index contributed by atoms with van der Waals surface area (Å²) < 4.78 is 12.1. The van der Waals surface area contributed by atoms with E-state index >= 15 is 0 Å². The molecule has 0 bridgehead atoms. The summed E-state index contributed by atoms with van der Waals surface area (Å²) in [7, 11) is 3.23. The summed E-state index contributed by atoms with van der Waals surface area (Å²) in [6.45, 7) is -0.182. The molecule has 108 valence electrons. The van der Waals surface area contributed by atoms with Crippen molar-refractivity contribution >= 4 is 11.7 Å². The lowest BCUT2D eigenvalue weighted by atomic mass is 10.2. The number of nitrogens with zero attached hydrogens (tertiary/aromatic N) is 3. The minimum Gasteiger partial charge on any atom is -0.493 e. The van der Waals surface area contributed by atoms with Gasteiger partial charge in [-0.3, -0.25) is 9.48 Å². The van der Waals surface area contributed by atoms with Gasteiger partial charge in [0.1, 0.15) is 0 Å². The van der Waals surface area contributed by atoms with E-state index in [-0.39, 0.29) is 12.5 Å². The number of nitriles is 1. The maximum Gasteiger partial charge on any atom is 0.263 e. The summed E-state index contributed by atoms with van der Waals surface area (Å²) >= 11 is 0. The minimum atomic E-state index is -0.333. The highest BCUT2D eigenvalue weighted by Crippen LogP contribution is 2.27. The fraction of sp³-hybridized carbons (Fsp3) is 0.214. The van der Waals surface area contributed by atoms with Gasteiger partial charge in [-0.25, -0.2) is 0 Å². The number of carbonyl (C=O) groups excluding carboxylic acids is 1. The van der Waals surface area contributed by atoms with Crippen molar-refractivity contribution in [3.8, 4) is 17.6 Å². The first-order valence-electron chi connectivity index (χ1n) is 6.13. The average Bonchev–Trinajstić information content (AvgIpc) is 2.90. The molecule has 0 spiro atoms. The predicted octanol–water partition coefficient (Wildman–Crippen LogP) is 1.32. The number of methoxy groups -OCH3 is 1. The zero-order valence-corrected chi connectivity index (χ0v) is 11.7. The molecule has 2 aromatic rings. The Morgan fingerprint density at radius 3 is 2.86 bits per heavy atom. The normalized spacial score (nSPS) is 9.76. The molecule has 1 N–H and O–H groups in total. The van der Waals surface area contributed by atoms with Crippen LogP contribution >= 0.6 is 0 Å². The first kappa shape index (κ1) is 14.4. The Morgan fingerprint density at radius 1 is 1.43 bits per heavy atom. The van der Waals surface area contributed by atoms with E-state index in [2.05, 4.69) is 10.4 Å². The molecule has 0 unspecified atom stereocenters. The molecule has 0 aliphatic rings. The number of hydrogen-bond acceptors (Lipinski definition) is 5. The van der Waals surface area contributed by atoms with Crippen molar-refractivity contribution in [1.82, 2.24) is 9.78 Å². The number of aromatic nitrogens is 2. The number of ether oxygens (including phenoxy) is 2. The molecule has 0 saturated heterocycles. The van der Waals surface area contributed by atoms with Gasteiger partial charge in [0, 0.05) is 25.4 Å². The molecule has 2 rings (SSSR count). The second-order valence-electron chi connectivity index (χ2n) is 4.19. The highest BCUT2D eigenvalue weighted by Gasteiger charge is 2.09. The number of nitrogens with one attached hydrogen (secondary N) is 1. The van der Waals surface area contributed by atoms with Gasteiger partial charge >= 0.3 is 0 Å². The van der Waals surface area contributed by atoms with Gasteiger partial charge in [0.05, 0.1) is 18.7 Å². The van der Waals surface area contributed by atoms with E-state index in [0.717, 1.165) is 0 Å². The molecule has 1 aromatic heterocycles. The zero-order chi connectivity index (χ0) is 15.2. The van der Waals surface area contributed by atoms with Crippen LogP contribution < -0.4 is 14.8 Å². The molecule has 0 saturated carbocycles. The molecule has 1 amide bonds. The van der Waals surface area contributed by atoms with Gasteiger partial charge in [-0.2, -0.15) is 10.4 Å². The molecular formula is C14H14N4O3. The Hall–Kier alpha value is -3.01. The lowest BCUT2D eigenvalue weighted by molar-refractivity contribution is -0.118. The van der Waals surface area contributed by atoms with Crippen LogP contribution in [0, 0.1) is 11.3 Å². The van der Waals surface area contributed by atoms with Crippen molar-refractivity contribution in [2.75, 3.05) is 19.0 Å². The topological polar surface area (TPSA) is 89.2 Å². The van der Waals surface area contributed by atoms with E-state index in [0.29, 0.717) is 22.9 Å². The van der Waals surface area contributed by atoms with E-state index in [1.807, 2.05) is 6.07 Å². The van der Waals surface area contributed by atoms with Crippen LogP contribution in [-0.4, -0.2) is 29.4 Å².